The number of rotatable bonds is 6. The number of nitrogens with one attached hydrogen (secondary N) is 2. The molecule has 2 heterocycles. The Morgan fingerprint density at radius 2 is 1.43 bits per heavy atom. The van der Waals surface area contributed by atoms with Gasteiger partial charge in [-0.05, 0) is 25.7 Å². The fraction of sp³-hybridized carbons (Fsp3) is 0.786. The first-order valence-corrected chi connectivity index (χ1v) is 7.66. The molecule has 0 radical (unpaired) electrons. The maximum absolute atomic E-state index is 11.5. The third-order valence-corrected chi connectivity index (χ3v) is 3.42. The Kier molecular flexibility index (Phi) is 9.18. The van der Waals surface area contributed by atoms with E-state index in [4.69, 9.17) is 29.3 Å². The van der Waals surface area contributed by atoms with Gasteiger partial charge in [0.15, 0.2) is 0 Å². The summed E-state index contributed by atoms with van der Waals surface area (Å²) in [5.41, 5.74) is 0. The lowest BCUT2D eigenvalue weighted by molar-refractivity contribution is -0.159. The first-order valence-electron chi connectivity index (χ1n) is 7.66. The van der Waals surface area contributed by atoms with E-state index < -0.39 is 11.9 Å². The zero-order chi connectivity index (χ0) is 17.1. The molecule has 2 unspecified atom stereocenters. The quantitative estimate of drug-likeness (QED) is 0.465. The van der Waals surface area contributed by atoms with Crippen molar-refractivity contribution in [1.82, 2.24) is 10.6 Å². The predicted molar refractivity (Wildman–Crippen MR) is 79.1 cm³/mol. The molecule has 0 aromatic rings. The van der Waals surface area contributed by atoms with Crippen LogP contribution in [-0.4, -0.2) is 73.1 Å². The van der Waals surface area contributed by atoms with Crippen molar-refractivity contribution in [2.45, 2.75) is 37.9 Å². The zero-order valence-corrected chi connectivity index (χ0v) is 13.0. The Bertz CT molecular complexity index is 379. The van der Waals surface area contributed by atoms with Gasteiger partial charge in [0.05, 0.1) is 18.8 Å². The summed E-state index contributed by atoms with van der Waals surface area (Å²) in [4.78, 5) is 29.7. The average molecular weight is 332 g/mol. The van der Waals surface area contributed by atoms with E-state index in [0.29, 0.717) is 19.2 Å². The summed E-state index contributed by atoms with van der Waals surface area (Å²) >= 11 is 0. The van der Waals surface area contributed by atoms with E-state index in [1.54, 1.807) is 0 Å². The molecule has 0 aromatic carbocycles. The van der Waals surface area contributed by atoms with Gasteiger partial charge in [-0.25, -0.2) is 9.59 Å². The minimum absolute atomic E-state index is 0.0403. The monoisotopic (exact) mass is 332 g/mol. The van der Waals surface area contributed by atoms with Gasteiger partial charge in [-0.3, -0.25) is 4.79 Å². The first kappa shape index (κ1) is 19.3. The minimum atomic E-state index is -1.82. The molecule has 2 aliphatic heterocycles. The van der Waals surface area contributed by atoms with E-state index in [1.165, 1.54) is 0 Å². The van der Waals surface area contributed by atoms with Gasteiger partial charge < -0.3 is 30.3 Å². The van der Waals surface area contributed by atoms with E-state index in [9.17, 15) is 4.79 Å². The highest BCUT2D eigenvalue weighted by atomic mass is 16.5. The van der Waals surface area contributed by atoms with E-state index in [-0.39, 0.29) is 12.0 Å². The summed E-state index contributed by atoms with van der Waals surface area (Å²) in [7, 11) is 0. The number of carboxylic acids is 2. The molecule has 2 fully saturated rings. The number of hydrogen-bond acceptors (Lipinski definition) is 6. The van der Waals surface area contributed by atoms with Crippen LogP contribution in [0.25, 0.3) is 0 Å². The van der Waals surface area contributed by atoms with Gasteiger partial charge in [-0.1, -0.05) is 0 Å². The van der Waals surface area contributed by atoms with Crippen molar-refractivity contribution in [2.24, 2.45) is 0 Å². The molecule has 4 N–H and O–H groups in total. The van der Waals surface area contributed by atoms with Gasteiger partial charge >= 0.3 is 11.9 Å². The minimum Gasteiger partial charge on any atom is -0.473 e. The van der Waals surface area contributed by atoms with Gasteiger partial charge in [0.25, 0.3) is 0 Å². The molecule has 0 aliphatic carbocycles. The van der Waals surface area contributed by atoms with Crippen LogP contribution in [0.4, 0.5) is 0 Å². The van der Waals surface area contributed by atoms with E-state index in [2.05, 4.69) is 10.6 Å². The molecule has 2 atom stereocenters. The highest BCUT2D eigenvalue weighted by molar-refractivity contribution is 6.27. The number of hydrogen-bond donors (Lipinski definition) is 4. The van der Waals surface area contributed by atoms with Crippen LogP contribution in [0.1, 0.15) is 25.7 Å². The maximum Gasteiger partial charge on any atom is 0.414 e. The van der Waals surface area contributed by atoms with Crippen LogP contribution in [0, 0.1) is 0 Å². The molecule has 9 nitrogen and oxygen atoms in total. The SMILES string of the molecule is O=C(CNCC1CCCO1)NCC1CCCO1.O=C(O)C(=O)O. The zero-order valence-electron chi connectivity index (χ0n) is 13.0. The smallest absolute Gasteiger partial charge is 0.414 e. The van der Waals surface area contributed by atoms with Crippen LogP contribution in [0.15, 0.2) is 0 Å². The second-order valence-electron chi connectivity index (χ2n) is 5.32. The highest BCUT2D eigenvalue weighted by Gasteiger charge is 2.17. The molecule has 0 saturated carbocycles. The van der Waals surface area contributed by atoms with Gasteiger partial charge in [-0.2, -0.15) is 0 Å². The van der Waals surface area contributed by atoms with Crippen LogP contribution in [0.5, 0.6) is 0 Å². The molecule has 1 amide bonds. The van der Waals surface area contributed by atoms with Crippen LogP contribution in [-0.2, 0) is 23.9 Å². The molecule has 2 aliphatic rings. The summed E-state index contributed by atoms with van der Waals surface area (Å²) in [6.07, 6.45) is 4.92. The topological polar surface area (TPSA) is 134 Å². The molecule has 9 heteroatoms. The Hall–Kier alpha value is -1.71. The lowest BCUT2D eigenvalue weighted by Gasteiger charge is -2.12. The summed E-state index contributed by atoms with van der Waals surface area (Å²) in [6.45, 7) is 3.47. The predicted octanol–water partition coefficient (Wildman–Crippen LogP) is -0.794. The summed E-state index contributed by atoms with van der Waals surface area (Å²) in [5, 5.41) is 20.8. The van der Waals surface area contributed by atoms with Crippen molar-refractivity contribution in [3.05, 3.63) is 0 Å². The van der Waals surface area contributed by atoms with Crippen LogP contribution in [0.2, 0.25) is 0 Å². The summed E-state index contributed by atoms with van der Waals surface area (Å²) in [6, 6.07) is 0. The lowest BCUT2D eigenvalue weighted by Crippen LogP contribution is -2.40. The van der Waals surface area contributed by atoms with Crippen molar-refractivity contribution in [1.29, 1.82) is 0 Å². The number of ether oxygens (including phenoxy) is 2. The fourth-order valence-electron chi connectivity index (χ4n) is 2.25. The number of aliphatic carboxylic acids is 2. The largest absolute Gasteiger partial charge is 0.473 e. The third-order valence-electron chi connectivity index (χ3n) is 3.42. The van der Waals surface area contributed by atoms with Gasteiger partial charge in [-0.15, -0.1) is 0 Å². The van der Waals surface area contributed by atoms with Crippen molar-refractivity contribution < 1.29 is 34.1 Å². The average Bonchev–Trinajstić information content (AvgIpc) is 3.19. The molecule has 2 saturated heterocycles. The van der Waals surface area contributed by atoms with Crippen molar-refractivity contribution >= 4 is 17.8 Å². The van der Waals surface area contributed by atoms with Crippen LogP contribution in [0.3, 0.4) is 0 Å². The van der Waals surface area contributed by atoms with Crippen LogP contribution >= 0.6 is 0 Å². The lowest BCUT2D eigenvalue weighted by atomic mass is 10.2. The molecule has 0 bridgehead atoms. The van der Waals surface area contributed by atoms with Crippen molar-refractivity contribution in [3.63, 3.8) is 0 Å². The Morgan fingerprint density at radius 1 is 0.913 bits per heavy atom. The van der Waals surface area contributed by atoms with Gasteiger partial charge in [0.2, 0.25) is 5.91 Å². The number of carbonyl (C=O) groups is 3. The highest BCUT2D eigenvalue weighted by Crippen LogP contribution is 2.11. The van der Waals surface area contributed by atoms with Crippen molar-refractivity contribution in [2.75, 3.05) is 32.8 Å². The number of carboxylic acid groups (broad SMARTS) is 2. The summed E-state index contributed by atoms with van der Waals surface area (Å²) < 4.78 is 10.9. The van der Waals surface area contributed by atoms with Crippen LogP contribution < -0.4 is 10.6 Å². The molecular weight excluding hydrogens is 308 g/mol. The molecule has 132 valence electrons. The molecule has 23 heavy (non-hydrogen) atoms. The Labute approximate surface area is 134 Å². The maximum atomic E-state index is 11.5. The van der Waals surface area contributed by atoms with E-state index in [0.717, 1.165) is 45.4 Å². The molecule has 2 rings (SSSR count). The normalized spacial score (nSPS) is 23.0. The molecular formula is C14H24N2O7. The van der Waals surface area contributed by atoms with Gasteiger partial charge in [0, 0.05) is 26.3 Å². The fourth-order valence-corrected chi connectivity index (χ4v) is 2.25. The third kappa shape index (κ3) is 9.11. The second kappa shape index (κ2) is 10.9. The van der Waals surface area contributed by atoms with Crippen molar-refractivity contribution in [3.8, 4) is 0 Å². The van der Waals surface area contributed by atoms with Gasteiger partial charge in [0.1, 0.15) is 0 Å². The standard InChI is InChI=1S/C12H22N2O3.C2H2O4/c15-12(14-8-11-4-2-6-17-11)9-13-7-10-3-1-5-16-10;3-1(4)2(5)6/h10-11,13H,1-9H2,(H,14,15);(H,3,4)(H,5,6). The van der Waals surface area contributed by atoms with E-state index >= 15 is 0 Å². The van der Waals surface area contributed by atoms with E-state index in [1.807, 2.05) is 0 Å². The molecule has 0 spiro atoms. The number of amides is 1. The molecule has 0 aromatic heterocycles. The Morgan fingerprint density at radius 3 is 1.87 bits per heavy atom. The first-order chi connectivity index (χ1) is 11.0. The second-order valence-corrected chi connectivity index (χ2v) is 5.32. The summed E-state index contributed by atoms with van der Waals surface area (Å²) in [5.74, 6) is -3.61. The Balaban J connectivity index is 0.000000379. The number of carbonyl (C=O) groups excluding carboxylic acids is 1.